The highest BCUT2D eigenvalue weighted by atomic mass is 16.5. The third-order valence-corrected chi connectivity index (χ3v) is 4.60. The number of anilines is 3. The normalized spacial score (nSPS) is 15.7. The molecule has 0 aliphatic carbocycles. The highest BCUT2D eigenvalue weighted by Gasteiger charge is 2.19. The zero-order valence-electron chi connectivity index (χ0n) is 16.1. The molecular weight excluding hydrogens is 352 g/mol. The van der Waals surface area contributed by atoms with E-state index in [1.54, 1.807) is 14.2 Å². The van der Waals surface area contributed by atoms with Crippen molar-refractivity contribution < 1.29 is 9.47 Å². The van der Waals surface area contributed by atoms with E-state index in [1.807, 2.05) is 60.8 Å². The number of methoxy groups -OCH3 is 2. The van der Waals surface area contributed by atoms with Crippen molar-refractivity contribution in [1.29, 1.82) is 0 Å². The maximum absolute atomic E-state index is 5.38. The number of hydrogen-bond donors (Lipinski definition) is 1. The average Bonchev–Trinajstić information content (AvgIpc) is 2.73. The van der Waals surface area contributed by atoms with E-state index < -0.39 is 0 Å². The predicted molar refractivity (Wildman–Crippen MR) is 113 cm³/mol. The van der Waals surface area contributed by atoms with Crippen LogP contribution in [0.15, 0.2) is 66.9 Å². The number of nitrogens with one attached hydrogen (secondary N) is 1. The van der Waals surface area contributed by atoms with Gasteiger partial charge < -0.3 is 19.7 Å². The van der Waals surface area contributed by atoms with E-state index in [2.05, 4.69) is 23.2 Å². The smallest absolute Gasteiger partial charge is 0.177 e. The molecule has 1 N–H and O–H groups in total. The minimum atomic E-state index is 0.167. The van der Waals surface area contributed by atoms with E-state index >= 15 is 0 Å². The van der Waals surface area contributed by atoms with Crippen molar-refractivity contribution in [3.05, 3.63) is 66.9 Å². The Morgan fingerprint density at radius 2 is 1.61 bits per heavy atom. The Kier molecular flexibility index (Phi) is 4.85. The molecule has 0 radical (unpaired) electrons. The Bertz CT molecular complexity index is 1040. The van der Waals surface area contributed by atoms with Crippen LogP contribution in [-0.2, 0) is 0 Å². The zero-order valence-corrected chi connectivity index (χ0v) is 16.1. The van der Waals surface area contributed by atoms with Crippen LogP contribution in [0, 0.1) is 0 Å². The molecule has 1 unspecified atom stereocenters. The SMILES string of the molecule is COc1cc(Nc2nc3ccccc3nc2N2C=CC=CC2C)cc(OC)c1. The minimum Gasteiger partial charge on any atom is -0.497 e. The average molecular weight is 374 g/mol. The van der Waals surface area contributed by atoms with Crippen LogP contribution < -0.4 is 19.7 Å². The van der Waals surface area contributed by atoms with Gasteiger partial charge in [-0.1, -0.05) is 24.3 Å². The number of allylic oxidation sites excluding steroid dienone is 2. The number of hydrogen-bond acceptors (Lipinski definition) is 6. The first kappa shape index (κ1) is 17.9. The molecule has 0 amide bonds. The lowest BCUT2D eigenvalue weighted by Crippen LogP contribution is -2.29. The number of rotatable bonds is 5. The number of benzene rings is 2. The Labute approximate surface area is 164 Å². The van der Waals surface area contributed by atoms with Crippen molar-refractivity contribution in [3.63, 3.8) is 0 Å². The summed E-state index contributed by atoms with van der Waals surface area (Å²) in [7, 11) is 3.26. The molecule has 1 atom stereocenters. The molecule has 0 saturated carbocycles. The van der Waals surface area contributed by atoms with Crippen molar-refractivity contribution in [2.45, 2.75) is 13.0 Å². The molecule has 6 nitrogen and oxygen atoms in total. The predicted octanol–water partition coefficient (Wildman–Crippen LogP) is 4.67. The maximum atomic E-state index is 5.38. The van der Waals surface area contributed by atoms with E-state index in [1.165, 1.54) is 0 Å². The van der Waals surface area contributed by atoms with Gasteiger partial charge in [-0.2, -0.15) is 0 Å². The van der Waals surface area contributed by atoms with Gasteiger partial charge in [-0.05, 0) is 25.1 Å². The number of para-hydroxylation sites is 2. The molecule has 142 valence electrons. The van der Waals surface area contributed by atoms with Gasteiger partial charge in [-0.3, -0.25) is 0 Å². The van der Waals surface area contributed by atoms with E-state index in [-0.39, 0.29) is 6.04 Å². The van der Waals surface area contributed by atoms with Gasteiger partial charge in [0.2, 0.25) is 0 Å². The number of ether oxygens (including phenoxy) is 2. The Hall–Kier alpha value is -3.54. The minimum absolute atomic E-state index is 0.167. The first-order valence-electron chi connectivity index (χ1n) is 9.08. The van der Waals surface area contributed by atoms with Gasteiger partial charge in [0.15, 0.2) is 11.6 Å². The second-order valence-electron chi connectivity index (χ2n) is 6.49. The molecule has 3 aromatic rings. The standard InChI is InChI=1S/C22H22N4O2/c1-15-8-6-7-11-26(15)22-21(24-19-9-4-5-10-20(19)25-22)23-16-12-17(27-2)14-18(13-16)28-3/h4-15H,1-3H3,(H,23,24). The summed E-state index contributed by atoms with van der Waals surface area (Å²) in [5.41, 5.74) is 2.49. The summed E-state index contributed by atoms with van der Waals surface area (Å²) in [5, 5.41) is 3.40. The molecule has 2 heterocycles. The maximum Gasteiger partial charge on any atom is 0.177 e. The summed E-state index contributed by atoms with van der Waals surface area (Å²) in [6, 6.07) is 13.7. The van der Waals surface area contributed by atoms with E-state index in [0.717, 1.165) is 22.5 Å². The third kappa shape index (κ3) is 3.49. The van der Waals surface area contributed by atoms with Crippen molar-refractivity contribution in [1.82, 2.24) is 9.97 Å². The summed E-state index contributed by atoms with van der Waals surface area (Å²) in [6.45, 7) is 2.12. The van der Waals surface area contributed by atoms with Crippen molar-refractivity contribution in [2.24, 2.45) is 0 Å². The zero-order chi connectivity index (χ0) is 19.5. The summed E-state index contributed by atoms with van der Waals surface area (Å²) >= 11 is 0. The highest BCUT2D eigenvalue weighted by Crippen LogP contribution is 2.33. The van der Waals surface area contributed by atoms with Crippen LogP contribution in [0.4, 0.5) is 17.3 Å². The second kappa shape index (κ2) is 7.60. The largest absolute Gasteiger partial charge is 0.497 e. The lowest BCUT2D eigenvalue weighted by molar-refractivity contribution is 0.395. The van der Waals surface area contributed by atoms with Crippen LogP contribution in [0.25, 0.3) is 11.0 Å². The van der Waals surface area contributed by atoms with E-state index in [4.69, 9.17) is 19.4 Å². The molecule has 0 fully saturated rings. The summed E-state index contributed by atoms with van der Waals surface area (Å²) in [6.07, 6.45) is 8.17. The van der Waals surface area contributed by atoms with Crippen LogP contribution in [-0.4, -0.2) is 30.2 Å². The fourth-order valence-electron chi connectivity index (χ4n) is 3.13. The van der Waals surface area contributed by atoms with Crippen LogP contribution >= 0.6 is 0 Å². The lowest BCUT2D eigenvalue weighted by Gasteiger charge is -2.28. The molecule has 1 aliphatic heterocycles. The fraction of sp³-hybridized carbons (Fsp3) is 0.182. The van der Waals surface area contributed by atoms with Crippen LogP contribution in [0.1, 0.15) is 6.92 Å². The number of nitrogens with zero attached hydrogens (tertiary/aromatic N) is 3. The van der Waals surface area contributed by atoms with Crippen LogP contribution in [0.5, 0.6) is 11.5 Å². The lowest BCUT2D eigenvalue weighted by atomic mass is 10.2. The Morgan fingerprint density at radius 1 is 0.929 bits per heavy atom. The van der Waals surface area contributed by atoms with Crippen molar-refractivity contribution in [2.75, 3.05) is 24.4 Å². The molecular formula is C22H22N4O2. The van der Waals surface area contributed by atoms with Crippen LogP contribution in [0.2, 0.25) is 0 Å². The Morgan fingerprint density at radius 3 is 2.25 bits per heavy atom. The van der Waals surface area contributed by atoms with Gasteiger partial charge in [-0.15, -0.1) is 0 Å². The molecule has 1 aliphatic rings. The highest BCUT2D eigenvalue weighted by molar-refractivity contribution is 5.83. The van der Waals surface area contributed by atoms with Gasteiger partial charge in [-0.25, -0.2) is 9.97 Å². The summed E-state index contributed by atoms with van der Waals surface area (Å²) in [4.78, 5) is 11.8. The fourth-order valence-corrected chi connectivity index (χ4v) is 3.13. The topological polar surface area (TPSA) is 59.5 Å². The van der Waals surface area contributed by atoms with Gasteiger partial charge in [0.25, 0.3) is 0 Å². The van der Waals surface area contributed by atoms with E-state index in [9.17, 15) is 0 Å². The van der Waals surface area contributed by atoms with Gasteiger partial charge in [0, 0.05) is 30.1 Å². The quantitative estimate of drug-likeness (QED) is 0.700. The first-order chi connectivity index (χ1) is 13.7. The molecule has 0 spiro atoms. The molecule has 1 aromatic heterocycles. The summed E-state index contributed by atoms with van der Waals surface area (Å²) < 4.78 is 10.8. The molecule has 28 heavy (non-hydrogen) atoms. The first-order valence-corrected chi connectivity index (χ1v) is 9.08. The molecule has 0 bridgehead atoms. The molecule has 4 rings (SSSR count). The van der Waals surface area contributed by atoms with Crippen LogP contribution in [0.3, 0.4) is 0 Å². The molecule has 2 aromatic carbocycles. The Balaban J connectivity index is 1.82. The molecule has 6 heteroatoms. The van der Waals surface area contributed by atoms with Gasteiger partial charge in [0.05, 0.1) is 31.3 Å². The number of aromatic nitrogens is 2. The van der Waals surface area contributed by atoms with E-state index in [0.29, 0.717) is 17.3 Å². The van der Waals surface area contributed by atoms with Gasteiger partial charge in [0.1, 0.15) is 11.5 Å². The van der Waals surface area contributed by atoms with Gasteiger partial charge >= 0.3 is 0 Å². The third-order valence-electron chi connectivity index (χ3n) is 4.60. The summed E-state index contributed by atoms with van der Waals surface area (Å²) in [5.74, 6) is 2.83. The monoisotopic (exact) mass is 374 g/mol. The number of fused-ring (bicyclic) bond motifs is 1. The molecule has 0 saturated heterocycles. The van der Waals surface area contributed by atoms with Crippen molar-refractivity contribution >= 4 is 28.4 Å². The van der Waals surface area contributed by atoms with Crippen molar-refractivity contribution in [3.8, 4) is 11.5 Å². The second-order valence-corrected chi connectivity index (χ2v) is 6.49.